The second kappa shape index (κ2) is 5.95. The molecule has 0 saturated heterocycles. The number of rotatable bonds is 4. The lowest BCUT2D eigenvalue weighted by Crippen LogP contribution is -2.09. The van der Waals surface area contributed by atoms with E-state index in [4.69, 9.17) is 4.74 Å². The maximum Gasteiger partial charge on any atom is 0.357 e. The third kappa shape index (κ3) is 3.28. The molecule has 98 valence electrons. The summed E-state index contributed by atoms with van der Waals surface area (Å²) in [6, 6.07) is 9.31. The number of esters is 1. The number of anilines is 2. The number of para-hydroxylation sites is 1. The second-order valence-electron chi connectivity index (χ2n) is 3.93. The summed E-state index contributed by atoms with van der Waals surface area (Å²) in [7, 11) is 0. The Balaban J connectivity index is 2.20. The van der Waals surface area contributed by atoms with Crippen LogP contribution in [0, 0.1) is 6.92 Å². The van der Waals surface area contributed by atoms with E-state index in [1.165, 1.54) is 12.3 Å². The Kier molecular flexibility index (Phi) is 4.07. The van der Waals surface area contributed by atoms with Crippen LogP contribution in [0.25, 0.3) is 0 Å². The Labute approximate surface area is 111 Å². The average molecular weight is 257 g/mol. The zero-order valence-corrected chi connectivity index (χ0v) is 10.9. The second-order valence-corrected chi connectivity index (χ2v) is 3.93. The summed E-state index contributed by atoms with van der Waals surface area (Å²) in [5.74, 6) is -0.0717. The van der Waals surface area contributed by atoms with Crippen molar-refractivity contribution in [2.24, 2.45) is 0 Å². The van der Waals surface area contributed by atoms with E-state index in [0.717, 1.165) is 11.3 Å². The van der Waals surface area contributed by atoms with Gasteiger partial charge in [0.25, 0.3) is 0 Å². The van der Waals surface area contributed by atoms with Gasteiger partial charge in [-0.1, -0.05) is 18.2 Å². The lowest BCUT2D eigenvalue weighted by Gasteiger charge is -2.08. The number of hydrogen-bond acceptors (Lipinski definition) is 5. The van der Waals surface area contributed by atoms with Gasteiger partial charge in [-0.3, -0.25) is 0 Å². The number of ether oxygens (including phenoxy) is 1. The van der Waals surface area contributed by atoms with E-state index in [9.17, 15) is 4.79 Å². The maximum absolute atomic E-state index is 11.6. The molecule has 1 aromatic heterocycles. The monoisotopic (exact) mass is 257 g/mol. The van der Waals surface area contributed by atoms with Crippen LogP contribution in [0.3, 0.4) is 0 Å². The van der Waals surface area contributed by atoms with Crippen molar-refractivity contribution in [1.82, 2.24) is 9.97 Å². The van der Waals surface area contributed by atoms with Crippen LogP contribution < -0.4 is 5.32 Å². The van der Waals surface area contributed by atoms with Gasteiger partial charge in [-0.15, -0.1) is 0 Å². The largest absolute Gasteiger partial charge is 0.461 e. The highest BCUT2D eigenvalue weighted by Crippen LogP contribution is 2.17. The van der Waals surface area contributed by atoms with Crippen molar-refractivity contribution in [3.05, 3.63) is 47.8 Å². The van der Waals surface area contributed by atoms with Gasteiger partial charge in [-0.2, -0.15) is 0 Å². The van der Waals surface area contributed by atoms with Gasteiger partial charge >= 0.3 is 5.97 Å². The highest BCUT2D eigenvalue weighted by molar-refractivity contribution is 5.87. The van der Waals surface area contributed by atoms with Crippen LogP contribution in [-0.2, 0) is 4.74 Å². The molecule has 1 heterocycles. The minimum atomic E-state index is -0.447. The Morgan fingerprint density at radius 3 is 2.84 bits per heavy atom. The van der Waals surface area contributed by atoms with Gasteiger partial charge < -0.3 is 10.1 Å². The SMILES string of the molecule is CCOC(=O)c1ccnc(Nc2ccccc2C)n1. The molecule has 1 aromatic carbocycles. The van der Waals surface area contributed by atoms with Gasteiger partial charge in [0, 0.05) is 11.9 Å². The minimum Gasteiger partial charge on any atom is -0.461 e. The van der Waals surface area contributed by atoms with Gasteiger partial charge in [0.2, 0.25) is 5.95 Å². The molecular formula is C14H15N3O2. The molecular weight excluding hydrogens is 242 g/mol. The summed E-state index contributed by atoms with van der Waals surface area (Å²) in [6.45, 7) is 4.06. The highest BCUT2D eigenvalue weighted by Gasteiger charge is 2.09. The number of nitrogens with one attached hydrogen (secondary N) is 1. The van der Waals surface area contributed by atoms with Crippen molar-refractivity contribution >= 4 is 17.6 Å². The fraction of sp³-hybridized carbons (Fsp3) is 0.214. The van der Waals surface area contributed by atoms with Gasteiger partial charge in [0.1, 0.15) is 0 Å². The maximum atomic E-state index is 11.6. The summed E-state index contributed by atoms with van der Waals surface area (Å²) in [6.07, 6.45) is 1.53. The molecule has 0 bridgehead atoms. The molecule has 0 aliphatic carbocycles. The average Bonchev–Trinajstić information content (AvgIpc) is 2.42. The lowest BCUT2D eigenvalue weighted by molar-refractivity contribution is 0.0519. The van der Waals surface area contributed by atoms with Crippen molar-refractivity contribution in [2.45, 2.75) is 13.8 Å². The van der Waals surface area contributed by atoms with Gasteiger partial charge in [0.05, 0.1) is 6.61 Å². The molecule has 0 aliphatic rings. The van der Waals surface area contributed by atoms with E-state index in [-0.39, 0.29) is 5.69 Å². The number of nitrogens with zero attached hydrogens (tertiary/aromatic N) is 2. The van der Waals surface area contributed by atoms with Crippen LogP contribution in [-0.4, -0.2) is 22.5 Å². The molecule has 0 aliphatic heterocycles. The predicted molar refractivity (Wildman–Crippen MR) is 72.5 cm³/mol. The minimum absolute atomic E-state index is 0.243. The number of hydrogen-bond donors (Lipinski definition) is 1. The van der Waals surface area contributed by atoms with Crippen molar-refractivity contribution in [2.75, 3.05) is 11.9 Å². The van der Waals surface area contributed by atoms with Gasteiger partial charge in [-0.05, 0) is 31.5 Å². The van der Waals surface area contributed by atoms with Crippen LogP contribution in [0.1, 0.15) is 23.0 Å². The summed E-state index contributed by atoms with van der Waals surface area (Å²) in [5, 5.41) is 3.08. The van der Waals surface area contributed by atoms with E-state index in [1.54, 1.807) is 6.92 Å². The summed E-state index contributed by atoms with van der Waals surface area (Å²) < 4.78 is 4.90. The summed E-state index contributed by atoms with van der Waals surface area (Å²) >= 11 is 0. The van der Waals surface area contributed by atoms with Crippen LogP contribution in [0.15, 0.2) is 36.5 Å². The normalized spacial score (nSPS) is 10.0. The molecule has 0 atom stereocenters. The zero-order valence-electron chi connectivity index (χ0n) is 10.9. The first-order valence-electron chi connectivity index (χ1n) is 6.03. The molecule has 0 spiro atoms. The van der Waals surface area contributed by atoms with E-state index in [2.05, 4.69) is 15.3 Å². The molecule has 0 unspecified atom stereocenters. The van der Waals surface area contributed by atoms with E-state index >= 15 is 0 Å². The molecule has 1 N–H and O–H groups in total. The molecule has 0 fully saturated rings. The van der Waals surface area contributed by atoms with E-state index in [1.807, 2.05) is 31.2 Å². The van der Waals surface area contributed by atoms with Gasteiger partial charge in [0.15, 0.2) is 5.69 Å². The first-order valence-corrected chi connectivity index (χ1v) is 6.03. The molecule has 0 radical (unpaired) electrons. The topological polar surface area (TPSA) is 64.1 Å². The number of carbonyl (C=O) groups excluding carboxylic acids is 1. The van der Waals surface area contributed by atoms with Crippen LogP contribution in [0.2, 0.25) is 0 Å². The number of aryl methyl sites for hydroxylation is 1. The molecule has 5 heteroatoms. The lowest BCUT2D eigenvalue weighted by atomic mass is 10.2. The van der Waals surface area contributed by atoms with Crippen molar-refractivity contribution < 1.29 is 9.53 Å². The van der Waals surface area contributed by atoms with Crippen molar-refractivity contribution in [3.63, 3.8) is 0 Å². The van der Waals surface area contributed by atoms with Crippen LogP contribution in [0.4, 0.5) is 11.6 Å². The standard InChI is InChI=1S/C14H15N3O2/c1-3-19-13(18)12-8-9-15-14(17-12)16-11-7-5-4-6-10(11)2/h4-9H,3H2,1-2H3,(H,15,16,17). The molecule has 19 heavy (non-hydrogen) atoms. The Hall–Kier alpha value is -2.43. The van der Waals surface area contributed by atoms with Crippen molar-refractivity contribution in [3.8, 4) is 0 Å². The molecule has 2 aromatic rings. The Bertz CT molecular complexity index is 584. The van der Waals surface area contributed by atoms with Crippen LogP contribution in [0.5, 0.6) is 0 Å². The predicted octanol–water partition coefficient (Wildman–Crippen LogP) is 2.71. The molecule has 0 saturated carbocycles. The molecule has 5 nitrogen and oxygen atoms in total. The molecule has 2 rings (SSSR count). The summed E-state index contributed by atoms with van der Waals surface area (Å²) in [4.78, 5) is 19.8. The third-order valence-corrected chi connectivity index (χ3v) is 2.53. The first kappa shape index (κ1) is 13.0. The van der Waals surface area contributed by atoms with E-state index < -0.39 is 5.97 Å². The summed E-state index contributed by atoms with van der Waals surface area (Å²) in [5.41, 5.74) is 2.23. The quantitative estimate of drug-likeness (QED) is 0.853. The fourth-order valence-electron chi connectivity index (χ4n) is 1.57. The third-order valence-electron chi connectivity index (χ3n) is 2.53. The molecule has 0 amide bonds. The highest BCUT2D eigenvalue weighted by atomic mass is 16.5. The zero-order chi connectivity index (χ0) is 13.7. The Morgan fingerprint density at radius 2 is 2.11 bits per heavy atom. The van der Waals surface area contributed by atoms with Crippen LogP contribution >= 0.6 is 0 Å². The Morgan fingerprint density at radius 1 is 1.32 bits per heavy atom. The fourth-order valence-corrected chi connectivity index (χ4v) is 1.57. The number of benzene rings is 1. The first-order chi connectivity index (χ1) is 9.20. The smallest absolute Gasteiger partial charge is 0.357 e. The van der Waals surface area contributed by atoms with Gasteiger partial charge in [-0.25, -0.2) is 14.8 Å². The van der Waals surface area contributed by atoms with Crippen molar-refractivity contribution in [1.29, 1.82) is 0 Å². The van der Waals surface area contributed by atoms with E-state index in [0.29, 0.717) is 12.6 Å². The number of aromatic nitrogens is 2. The number of carbonyl (C=O) groups is 1.